The van der Waals surface area contributed by atoms with Crippen molar-refractivity contribution >= 4 is 10.0 Å². The number of benzene rings is 1. The first-order valence-corrected chi connectivity index (χ1v) is 8.92. The van der Waals surface area contributed by atoms with Crippen LogP contribution in [-0.4, -0.2) is 33.3 Å². The number of aliphatic hydroxyl groups is 1. The molecule has 0 atom stereocenters. The van der Waals surface area contributed by atoms with Gasteiger partial charge in [0.1, 0.15) is 5.75 Å². The molecular weight excluding hydrogens is 290 g/mol. The molecule has 6 heteroatoms. The lowest BCUT2D eigenvalue weighted by molar-refractivity contribution is 0.282. The fraction of sp³-hybridized carbons (Fsp3) is 0.600. The lowest BCUT2D eigenvalue weighted by Gasteiger charge is -2.08. The van der Waals surface area contributed by atoms with Gasteiger partial charge in [0.15, 0.2) is 0 Å². The van der Waals surface area contributed by atoms with Gasteiger partial charge in [-0.1, -0.05) is 19.8 Å². The molecule has 0 aliphatic heterocycles. The smallest absolute Gasteiger partial charge is 0.240 e. The van der Waals surface area contributed by atoms with Gasteiger partial charge in [-0.3, -0.25) is 0 Å². The highest BCUT2D eigenvalue weighted by Crippen LogP contribution is 2.16. The first-order valence-electron chi connectivity index (χ1n) is 7.43. The van der Waals surface area contributed by atoms with Crippen LogP contribution in [0.3, 0.4) is 0 Å². The van der Waals surface area contributed by atoms with Gasteiger partial charge >= 0.3 is 0 Å². The number of aliphatic hydroxyl groups excluding tert-OH is 1. The van der Waals surface area contributed by atoms with E-state index in [9.17, 15) is 8.42 Å². The number of sulfonamides is 1. The molecule has 0 heterocycles. The van der Waals surface area contributed by atoms with Crippen molar-refractivity contribution in [2.75, 3.05) is 19.8 Å². The molecule has 1 rings (SSSR count). The molecule has 0 aromatic heterocycles. The van der Waals surface area contributed by atoms with Crippen LogP contribution in [-0.2, 0) is 10.0 Å². The topological polar surface area (TPSA) is 75.6 Å². The highest BCUT2D eigenvalue weighted by Gasteiger charge is 2.12. The molecule has 0 bridgehead atoms. The van der Waals surface area contributed by atoms with Crippen LogP contribution in [0.1, 0.15) is 39.0 Å². The Bertz CT molecular complexity index is 485. The Hall–Kier alpha value is -1.11. The molecule has 0 saturated carbocycles. The van der Waals surface area contributed by atoms with Crippen LogP contribution in [0.2, 0.25) is 0 Å². The summed E-state index contributed by atoms with van der Waals surface area (Å²) in [4.78, 5) is 0.252. The molecule has 5 nitrogen and oxygen atoms in total. The van der Waals surface area contributed by atoms with Gasteiger partial charge in [0.25, 0.3) is 0 Å². The number of hydrogen-bond donors (Lipinski definition) is 2. The summed E-state index contributed by atoms with van der Waals surface area (Å²) < 4.78 is 32.1. The van der Waals surface area contributed by atoms with Crippen molar-refractivity contribution in [1.82, 2.24) is 4.72 Å². The Labute approximate surface area is 127 Å². The van der Waals surface area contributed by atoms with Crippen LogP contribution in [0, 0.1) is 0 Å². The molecule has 1 aromatic carbocycles. The van der Waals surface area contributed by atoms with Crippen LogP contribution in [0.15, 0.2) is 29.2 Å². The summed E-state index contributed by atoms with van der Waals surface area (Å²) in [5.41, 5.74) is 0. The van der Waals surface area contributed by atoms with E-state index in [0.29, 0.717) is 18.9 Å². The molecule has 1 aromatic rings. The normalized spacial score (nSPS) is 11.5. The molecule has 0 saturated heterocycles. The Morgan fingerprint density at radius 2 is 1.76 bits per heavy atom. The van der Waals surface area contributed by atoms with Gasteiger partial charge in [-0.05, 0) is 43.5 Å². The molecular formula is C15H25NO4S. The van der Waals surface area contributed by atoms with Crippen molar-refractivity contribution in [2.45, 2.75) is 43.9 Å². The monoisotopic (exact) mass is 315 g/mol. The molecule has 0 radical (unpaired) electrons. The van der Waals surface area contributed by atoms with Crippen molar-refractivity contribution in [2.24, 2.45) is 0 Å². The Kier molecular flexibility index (Phi) is 8.34. The predicted octanol–water partition coefficient (Wildman–Crippen LogP) is 2.31. The summed E-state index contributed by atoms with van der Waals surface area (Å²) in [6.45, 7) is 3.25. The average molecular weight is 315 g/mol. The van der Waals surface area contributed by atoms with E-state index >= 15 is 0 Å². The second kappa shape index (κ2) is 9.76. The second-order valence-corrected chi connectivity index (χ2v) is 6.62. The maximum Gasteiger partial charge on any atom is 0.240 e. The average Bonchev–Trinajstić information content (AvgIpc) is 2.49. The summed E-state index contributed by atoms with van der Waals surface area (Å²) in [6.07, 6.45) is 4.29. The summed E-state index contributed by atoms with van der Waals surface area (Å²) in [5.74, 6) is 0.680. The zero-order chi connectivity index (χ0) is 15.6. The summed E-state index contributed by atoms with van der Waals surface area (Å²) in [6, 6.07) is 6.45. The van der Waals surface area contributed by atoms with E-state index in [1.54, 1.807) is 24.3 Å². The minimum Gasteiger partial charge on any atom is -0.494 e. The summed E-state index contributed by atoms with van der Waals surface area (Å²) in [7, 11) is -3.45. The van der Waals surface area contributed by atoms with Gasteiger partial charge in [0.05, 0.1) is 11.5 Å². The first-order chi connectivity index (χ1) is 10.1. The van der Waals surface area contributed by atoms with E-state index in [1.807, 2.05) is 6.92 Å². The minimum atomic E-state index is -3.45. The fourth-order valence-electron chi connectivity index (χ4n) is 1.82. The summed E-state index contributed by atoms with van der Waals surface area (Å²) >= 11 is 0. The fourth-order valence-corrected chi connectivity index (χ4v) is 2.89. The number of hydrogen-bond acceptors (Lipinski definition) is 4. The highest BCUT2D eigenvalue weighted by atomic mass is 32.2. The molecule has 0 fully saturated rings. The van der Waals surface area contributed by atoms with Crippen molar-refractivity contribution in [3.05, 3.63) is 24.3 Å². The Morgan fingerprint density at radius 1 is 1.10 bits per heavy atom. The molecule has 0 amide bonds. The maximum atomic E-state index is 12.1. The number of rotatable bonds is 11. The number of unbranched alkanes of at least 4 members (excludes halogenated alkanes) is 3. The molecule has 0 aliphatic carbocycles. The van der Waals surface area contributed by atoms with Crippen LogP contribution < -0.4 is 9.46 Å². The van der Waals surface area contributed by atoms with Gasteiger partial charge in [0, 0.05) is 13.2 Å². The van der Waals surface area contributed by atoms with Crippen molar-refractivity contribution in [3.8, 4) is 5.75 Å². The number of nitrogens with one attached hydrogen (secondary N) is 1. The van der Waals surface area contributed by atoms with Gasteiger partial charge < -0.3 is 9.84 Å². The molecule has 0 unspecified atom stereocenters. The Morgan fingerprint density at radius 3 is 2.38 bits per heavy atom. The quantitative estimate of drug-likeness (QED) is 0.614. The van der Waals surface area contributed by atoms with Crippen molar-refractivity contribution in [1.29, 1.82) is 0 Å². The van der Waals surface area contributed by atoms with Gasteiger partial charge in [-0.2, -0.15) is 0 Å². The molecule has 21 heavy (non-hydrogen) atoms. The van der Waals surface area contributed by atoms with Crippen LogP contribution in [0.5, 0.6) is 5.75 Å². The van der Waals surface area contributed by atoms with E-state index < -0.39 is 10.0 Å². The summed E-state index contributed by atoms with van der Waals surface area (Å²) in [5, 5.41) is 8.66. The van der Waals surface area contributed by atoms with Gasteiger partial charge in [-0.15, -0.1) is 0 Å². The van der Waals surface area contributed by atoms with Crippen molar-refractivity contribution in [3.63, 3.8) is 0 Å². The van der Waals surface area contributed by atoms with Crippen LogP contribution in [0.4, 0.5) is 0 Å². The van der Waals surface area contributed by atoms with E-state index in [-0.39, 0.29) is 11.5 Å². The number of ether oxygens (including phenoxy) is 1. The first kappa shape index (κ1) is 17.9. The third-order valence-electron chi connectivity index (χ3n) is 2.98. The molecule has 0 aliphatic rings. The zero-order valence-electron chi connectivity index (χ0n) is 12.5. The zero-order valence-corrected chi connectivity index (χ0v) is 13.4. The van der Waals surface area contributed by atoms with Crippen LogP contribution in [0.25, 0.3) is 0 Å². The molecule has 2 N–H and O–H groups in total. The standard InChI is InChI=1S/C15H25NO4S/c1-2-13-20-14-7-9-15(10-8-14)21(18,19)16-11-5-3-4-6-12-17/h7-10,16-17H,2-6,11-13H2,1H3. The van der Waals surface area contributed by atoms with E-state index in [2.05, 4.69) is 4.72 Å². The molecule has 120 valence electrons. The third-order valence-corrected chi connectivity index (χ3v) is 4.46. The SMILES string of the molecule is CCCOc1ccc(S(=O)(=O)NCCCCCCO)cc1. The van der Waals surface area contributed by atoms with Crippen LogP contribution >= 0.6 is 0 Å². The van der Waals surface area contributed by atoms with E-state index in [4.69, 9.17) is 9.84 Å². The second-order valence-electron chi connectivity index (χ2n) is 4.86. The third kappa shape index (κ3) is 6.93. The lowest BCUT2D eigenvalue weighted by Crippen LogP contribution is -2.24. The van der Waals surface area contributed by atoms with Gasteiger partial charge in [0.2, 0.25) is 10.0 Å². The van der Waals surface area contributed by atoms with Gasteiger partial charge in [-0.25, -0.2) is 13.1 Å². The highest BCUT2D eigenvalue weighted by molar-refractivity contribution is 7.89. The minimum absolute atomic E-state index is 0.193. The van der Waals surface area contributed by atoms with Crippen molar-refractivity contribution < 1.29 is 18.3 Å². The molecule has 0 spiro atoms. The lowest BCUT2D eigenvalue weighted by atomic mass is 10.2. The van der Waals surface area contributed by atoms with E-state index in [0.717, 1.165) is 32.1 Å². The van der Waals surface area contributed by atoms with E-state index in [1.165, 1.54) is 0 Å². The maximum absolute atomic E-state index is 12.1. The Balaban J connectivity index is 2.42. The largest absolute Gasteiger partial charge is 0.494 e. The predicted molar refractivity (Wildman–Crippen MR) is 83.0 cm³/mol.